The molecule has 25 heavy (non-hydrogen) atoms. The van der Waals surface area contributed by atoms with Crippen LogP contribution in [0.1, 0.15) is 11.5 Å². The third-order valence-electron chi connectivity index (χ3n) is 3.45. The van der Waals surface area contributed by atoms with Crippen LogP contribution in [0.5, 0.6) is 5.75 Å². The van der Waals surface area contributed by atoms with Gasteiger partial charge in [-0.1, -0.05) is 34.1 Å². The van der Waals surface area contributed by atoms with Crippen LogP contribution in [-0.4, -0.2) is 17.6 Å². The lowest BCUT2D eigenvalue weighted by atomic mass is 10.2. The van der Waals surface area contributed by atoms with E-state index in [9.17, 15) is 4.79 Å². The fraction of sp³-hybridized carbons (Fsp3) is 0.158. The average molecular weight is 402 g/mol. The smallest absolute Gasteiger partial charge is 0.344 e. The van der Waals surface area contributed by atoms with Gasteiger partial charge in [0.05, 0.1) is 0 Å². The van der Waals surface area contributed by atoms with Crippen LogP contribution in [-0.2, 0) is 16.1 Å². The Bertz CT molecular complexity index is 844. The Morgan fingerprint density at radius 2 is 1.84 bits per heavy atom. The van der Waals surface area contributed by atoms with Crippen molar-refractivity contribution in [2.24, 2.45) is 0 Å². The third-order valence-corrected chi connectivity index (χ3v) is 3.98. The van der Waals surface area contributed by atoms with E-state index in [1.807, 2.05) is 42.5 Å². The van der Waals surface area contributed by atoms with Crippen LogP contribution >= 0.6 is 15.9 Å². The SMILES string of the molecule is Cc1oc(-c2ccccc2)nc1COC(=O)COc1ccc(Br)cc1. The van der Waals surface area contributed by atoms with Crippen molar-refractivity contribution >= 4 is 21.9 Å². The van der Waals surface area contributed by atoms with Crippen LogP contribution < -0.4 is 4.74 Å². The van der Waals surface area contributed by atoms with E-state index < -0.39 is 5.97 Å². The molecular formula is C19H16BrNO4. The molecule has 0 unspecified atom stereocenters. The maximum absolute atomic E-state index is 11.8. The standard InChI is InChI=1S/C19H16BrNO4/c1-13-17(21-19(25-13)14-5-3-2-4-6-14)11-24-18(22)12-23-16-9-7-15(20)8-10-16/h2-10H,11-12H2,1H3. The van der Waals surface area contributed by atoms with E-state index in [1.165, 1.54) is 0 Å². The minimum Gasteiger partial charge on any atom is -0.482 e. The van der Waals surface area contributed by atoms with Crippen LogP contribution in [0.25, 0.3) is 11.5 Å². The second-order valence-corrected chi connectivity index (χ2v) is 6.21. The second kappa shape index (κ2) is 7.98. The minimum atomic E-state index is -0.466. The molecule has 0 radical (unpaired) electrons. The number of aromatic nitrogens is 1. The molecule has 3 aromatic rings. The summed E-state index contributed by atoms with van der Waals surface area (Å²) < 4.78 is 17.2. The molecule has 3 rings (SSSR count). The molecule has 0 bridgehead atoms. The van der Waals surface area contributed by atoms with Crippen molar-refractivity contribution in [3.05, 3.63) is 70.5 Å². The zero-order chi connectivity index (χ0) is 17.6. The fourth-order valence-corrected chi connectivity index (χ4v) is 2.39. The molecule has 6 heteroatoms. The number of oxazole rings is 1. The lowest BCUT2D eigenvalue weighted by Crippen LogP contribution is -2.15. The molecule has 0 atom stereocenters. The maximum Gasteiger partial charge on any atom is 0.344 e. The van der Waals surface area contributed by atoms with Crippen molar-refractivity contribution in [1.29, 1.82) is 0 Å². The highest BCUT2D eigenvalue weighted by molar-refractivity contribution is 9.10. The molecule has 0 aliphatic carbocycles. The first-order valence-electron chi connectivity index (χ1n) is 7.67. The summed E-state index contributed by atoms with van der Waals surface area (Å²) in [6.45, 7) is 1.68. The van der Waals surface area contributed by atoms with Crippen LogP contribution in [0, 0.1) is 6.92 Å². The summed E-state index contributed by atoms with van der Waals surface area (Å²) in [5.74, 6) is 1.27. The number of hydrogen-bond donors (Lipinski definition) is 0. The first-order valence-corrected chi connectivity index (χ1v) is 8.47. The summed E-state index contributed by atoms with van der Waals surface area (Å²) in [5, 5.41) is 0. The van der Waals surface area contributed by atoms with Gasteiger partial charge in [-0.3, -0.25) is 0 Å². The average Bonchev–Trinajstić information content (AvgIpc) is 3.01. The van der Waals surface area contributed by atoms with Gasteiger partial charge in [-0.25, -0.2) is 9.78 Å². The fourth-order valence-electron chi connectivity index (χ4n) is 2.13. The molecular weight excluding hydrogens is 386 g/mol. The molecule has 128 valence electrons. The summed E-state index contributed by atoms with van der Waals surface area (Å²) in [4.78, 5) is 16.2. The van der Waals surface area contributed by atoms with Gasteiger partial charge in [-0.2, -0.15) is 0 Å². The van der Waals surface area contributed by atoms with Gasteiger partial charge in [0.2, 0.25) is 5.89 Å². The van der Waals surface area contributed by atoms with Crippen molar-refractivity contribution in [3.63, 3.8) is 0 Å². The summed E-state index contributed by atoms with van der Waals surface area (Å²) in [6.07, 6.45) is 0. The van der Waals surface area contributed by atoms with Crippen LogP contribution in [0.2, 0.25) is 0 Å². The highest BCUT2D eigenvalue weighted by atomic mass is 79.9. The Morgan fingerprint density at radius 1 is 1.12 bits per heavy atom. The maximum atomic E-state index is 11.8. The van der Waals surface area contributed by atoms with Gasteiger partial charge in [0.25, 0.3) is 0 Å². The zero-order valence-electron chi connectivity index (χ0n) is 13.6. The molecule has 0 fully saturated rings. The van der Waals surface area contributed by atoms with Crippen LogP contribution in [0.3, 0.4) is 0 Å². The number of nitrogens with zero attached hydrogens (tertiary/aromatic N) is 1. The number of benzene rings is 2. The number of hydrogen-bond acceptors (Lipinski definition) is 5. The van der Waals surface area contributed by atoms with Crippen LogP contribution in [0.15, 0.2) is 63.5 Å². The van der Waals surface area contributed by atoms with Crippen molar-refractivity contribution in [1.82, 2.24) is 4.98 Å². The summed E-state index contributed by atoms with van der Waals surface area (Å²) in [6, 6.07) is 16.8. The predicted molar refractivity (Wildman–Crippen MR) is 96.1 cm³/mol. The minimum absolute atomic E-state index is 0.0463. The summed E-state index contributed by atoms with van der Waals surface area (Å²) >= 11 is 3.34. The van der Waals surface area contributed by atoms with Gasteiger partial charge in [0.1, 0.15) is 23.8 Å². The van der Waals surface area contributed by atoms with Gasteiger partial charge in [0, 0.05) is 10.0 Å². The lowest BCUT2D eigenvalue weighted by Gasteiger charge is -2.06. The van der Waals surface area contributed by atoms with E-state index in [0.717, 1.165) is 10.0 Å². The first-order chi connectivity index (χ1) is 12.1. The number of rotatable bonds is 6. The highest BCUT2D eigenvalue weighted by Crippen LogP contribution is 2.22. The monoisotopic (exact) mass is 401 g/mol. The molecule has 0 aliphatic heterocycles. The molecule has 0 N–H and O–H groups in total. The number of carbonyl (C=O) groups is 1. The quantitative estimate of drug-likeness (QED) is 0.567. The Labute approximate surface area is 153 Å². The van der Waals surface area contributed by atoms with E-state index in [-0.39, 0.29) is 13.2 Å². The molecule has 0 aliphatic rings. The van der Waals surface area contributed by atoms with Crippen molar-refractivity contribution in [2.75, 3.05) is 6.61 Å². The Balaban J connectivity index is 1.53. The number of halogens is 1. The normalized spacial score (nSPS) is 10.5. The molecule has 1 heterocycles. The lowest BCUT2D eigenvalue weighted by molar-refractivity contribution is -0.147. The topological polar surface area (TPSA) is 61.6 Å². The highest BCUT2D eigenvalue weighted by Gasteiger charge is 2.13. The van der Waals surface area contributed by atoms with E-state index in [1.54, 1.807) is 19.1 Å². The number of ether oxygens (including phenoxy) is 2. The number of aryl methyl sites for hydroxylation is 1. The zero-order valence-corrected chi connectivity index (χ0v) is 15.2. The summed E-state index contributed by atoms with van der Waals surface area (Å²) in [7, 11) is 0. The van der Waals surface area contributed by atoms with Gasteiger partial charge in [-0.15, -0.1) is 0 Å². The van der Waals surface area contributed by atoms with E-state index in [0.29, 0.717) is 23.1 Å². The van der Waals surface area contributed by atoms with Gasteiger partial charge >= 0.3 is 5.97 Å². The number of carbonyl (C=O) groups excluding carboxylic acids is 1. The molecule has 1 aromatic heterocycles. The van der Waals surface area contributed by atoms with Gasteiger partial charge < -0.3 is 13.9 Å². The molecule has 2 aromatic carbocycles. The largest absolute Gasteiger partial charge is 0.482 e. The molecule has 0 amide bonds. The van der Waals surface area contributed by atoms with E-state index in [2.05, 4.69) is 20.9 Å². The molecule has 0 saturated heterocycles. The molecule has 5 nitrogen and oxygen atoms in total. The molecule has 0 spiro atoms. The first kappa shape index (κ1) is 17.2. The Morgan fingerprint density at radius 3 is 2.56 bits per heavy atom. The van der Waals surface area contributed by atoms with E-state index in [4.69, 9.17) is 13.9 Å². The summed E-state index contributed by atoms with van der Waals surface area (Å²) in [5.41, 5.74) is 1.47. The van der Waals surface area contributed by atoms with Crippen LogP contribution in [0.4, 0.5) is 0 Å². The van der Waals surface area contributed by atoms with Gasteiger partial charge in [-0.05, 0) is 43.3 Å². The van der Waals surface area contributed by atoms with Crippen molar-refractivity contribution in [3.8, 4) is 17.2 Å². The van der Waals surface area contributed by atoms with Crippen molar-refractivity contribution in [2.45, 2.75) is 13.5 Å². The molecule has 0 saturated carbocycles. The Kier molecular flexibility index (Phi) is 5.50. The predicted octanol–water partition coefficient (Wildman–Crippen LogP) is 4.53. The van der Waals surface area contributed by atoms with Crippen molar-refractivity contribution < 1.29 is 18.7 Å². The second-order valence-electron chi connectivity index (χ2n) is 5.29. The third kappa shape index (κ3) is 4.70. The Hall–Kier alpha value is -2.60. The number of esters is 1. The van der Waals surface area contributed by atoms with Gasteiger partial charge in [0.15, 0.2) is 6.61 Å². The van der Waals surface area contributed by atoms with E-state index >= 15 is 0 Å².